The minimum absolute atomic E-state index is 0.111. The van der Waals surface area contributed by atoms with Gasteiger partial charge in [-0.1, -0.05) is 37.1 Å². The van der Waals surface area contributed by atoms with Crippen LogP contribution in [-0.2, 0) is 15.9 Å². The fourth-order valence-electron chi connectivity index (χ4n) is 2.62. The van der Waals surface area contributed by atoms with Gasteiger partial charge in [-0.15, -0.1) is 0 Å². The highest BCUT2D eigenvalue weighted by Gasteiger charge is 2.32. The third-order valence-electron chi connectivity index (χ3n) is 4.14. The van der Waals surface area contributed by atoms with Crippen LogP contribution >= 0.6 is 0 Å². The average molecular weight is 233 g/mol. The van der Waals surface area contributed by atoms with Crippen LogP contribution < -0.4 is 5.73 Å². The van der Waals surface area contributed by atoms with Crippen molar-refractivity contribution in [2.45, 2.75) is 50.7 Å². The number of nitrogens with two attached hydrogens (primary N) is 1. The highest BCUT2D eigenvalue weighted by Crippen LogP contribution is 2.37. The monoisotopic (exact) mass is 233 g/mol. The van der Waals surface area contributed by atoms with E-state index in [2.05, 4.69) is 38.1 Å². The smallest absolute Gasteiger partial charge is 0.0871 e. The summed E-state index contributed by atoms with van der Waals surface area (Å²) in [5.74, 6) is 0. The van der Waals surface area contributed by atoms with Gasteiger partial charge in [-0.05, 0) is 37.8 Å². The summed E-state index contributed by atoms with van der Waals surface area (Å²) >= 11 is 0. The van der Waals surface area contributed by atoms with Crippen LogP contribution in [-0.4, -0.2) is 7.11 Å². The summed E-state index contributed by atoms with van der Waals surface area (Å²) in [6, 6.07) is 8.58. The van der Waals surface area contributed by atoms with Gasteiger partial charge in [-0.2, -0.15) is 0 Å². The van der Waals surface area contributed by atoms with Crippen molar-refractivity contribution in [2.24, 2.45) is 5.73 Å². The summed E-state index contributed by atoms with van der Waals surface area (Å²) in [5.41, 5.74) is 8.60. The van der Waals surface area contributed by atoms with Crippen molar-refractivity contribution in [1.82, 2.24) is 0 Å². The highest BCUT2D eigenvalue weighted by molar-refractivity contribution is 5.32. The van der Waals surface area contributed by atoms with E-state index in [1.54, 1.807) is 7.11 Å². The van der Waals surface area contributed by atoms with Crippen LogP contribution in [0.2, 0.25) is 0 Å². The zero-order valence-electron chi connectivity index (χ0n) is 11.1. The Labute approximate surface area is 104 Å². The summed E-state index contributed by atoms with van der Waals surface area (Å²) < 4.78 is 5.53. The predicted octanol–water partition coefficient (Wildman–Crippen LogP) is 3.30. The van der Waals surface area contributed by atoms with Gasteiger partial charge in [-0.3, -0.25) is 0 Å². The van der Waals surface area contributed by atoms with E-state index in [0.29, 0.717) is 0 Å². The molecule has 1 fully saturated rings. The van der Waals surface area contributed by atoms with Gasteiger partial charge in [0.2, 0.25) is 0 Å². The number of hydrogen-bond donors (Lipinski definition) is 1. The fourth-order valence-corrected chi connectivity index (χ4v) is 2.62. The van der Waals surface area contributed by atoms with Crippen LogP contribution in [0.4, 0.5) is 0 Å². The maximum absolute atomic E-state index is 6.49. The first-order valence-corrected chi connectivity index (χ1v) is 6.43. The van der Waals surface area contributed by atoms with Gasteiger partial charge in [0, 0.05) is 12.6 Å². The molecule has 1 aliphatic rings. The summed E-state index contributed by atoms with van der Waals surface area (Å²) in [6.45, 7) is 4.17. The Balaban J connectivity index is 2.35. The van der Waals surface area contributed by atoms with Gasteiger partial charge in [0.1, 0.15) is 0 Å². The number of benzene rings is 1. The molecule has 2 nitrogen and oxygen atoms in total. The molecule has 2 N–H and O–H groups in total. The van der Waals surface area contributed by atoms with Crippen LogP contribution in [0.15, 0.2) is 24.3 Å². The van der Waals surface area contributed by atoms with Crippen molar-refractivity contribution in [2.75, 3.05) is 7.11 Å². The molecule has 2 rings (SSSR count). The lowest BCUT2D eigenvalue weighted by atomic mass is 9.86. The van der Waals surface area contributed by atoms with Crippen molar-refractivity contribution >= 4 is 0 Å². The molecule has 94 valence electrons. The molecule has 0 bridgehead atoms. The molecule has 0 spiro atoms. The number of rotatable bonds is 3. The maximum atomic E-state index is 6.49. The van der Waals surface area contributed by atoms with Crippen molar-refractivity contribution < 1.29 is 4.74 Å². The molecule has 0 radical (unpaired) electrons. The molecule has 17 heavy (non-hydrogen) atoms. The SMILES string of the molecule is COC(C)(C)c1cccc(C2(N)CCCC2)c1. The van der Waals surface area contributed by atoms with Gasteiger partial charge < -0.3 is 10.5 Å². The van der Waals surface area contributed by atoms with E-state index in [-0.39, 0.29) is 11.1 Å². The van der Waals surface area contributed by atoms with Crippen LogP contribution in [0.5, 0.6) is 0 Å². The molecule has 0 saturated heterocycles. The second-order valence-corrected chi connectivity index (χ2v) is 5.66. The van der Waals surface area contributed by atoms with Gasteiger partial charge >= 0.3 is 0 Å². The average Bonchev–Trinajstić information content (AvgIpc) is 2.78. The van der Waals surface area contributed by atoms with Crippen molar-refractivity contribution in [3.05, 3.63) is 35.4 Å². The van der Waals surface area contributed by atoms with Crippen molar-refractivity contribution in [3.63, 3.8) is 0 Å². The molecule has 0 aliphatic heterocycles. The van der Waals surface area contributed by atoms with Gasteiger partial charge in [0.25, 0.3) is 0 Å². The van der Waals surface area contributed by atoms with E-state index in [4.69, 9.17) is 10.5 Å². The molecular weight excluding hydrogens is 210 g/mol. The second-order valence-electron chi connectivity index (χ2n) is 5.66. The Kier molecular flexibility index (Phi) is 3.28. The molecule has 1 aromatic carbocycles. The molecule has 2 heteroatoms. The van der Waals surface area contributed by atoms with E-state index in [1.807, 2.05) is 0 Å². The summed E-state index contributed by atoms with van der Waals surface area (Å²) in [6.07, 6.45) is 4.69. The standard InChI is InChI=1S/C15H23NO/c1-14(2,17-3)12-7-6-8-13(11-12)15(16)9-4-5-10-15/h6-8,11H,4-5,9-10,16H2,1-3H3. The molecule has 0 atom stereocenters. The van der Waals surface area contributed by atoms with Crippen molar-refractivity contribution in [1.29, 1.82) is 0 Å². The van der Waals surface area contributed by atoms with Crippen LogP contribution in [0.1, 0.15) is 50.7 Å². The minimum atomic E-state index is -0.245. The zero-order chi connectivity index (χ0) is 12.5. The second kappa shape index (κ2) is 4.43. The first-order valence-electron chi connectivity index (χ1n) is 6.43. The fraction of sp³-hybridized carbons (Fsp3) is 0.600. The van der Waals surface area contributed by atoms with Crippen molar-refractivity contribution in [3.8, 4) is 0 Å². The van der Waals surface area contributed by atoms with Gasteiger partial charge in [-0.25, -0.2) is 0 Å². The van der Waals surface area contributed by atoms with E-state index < -0.39 is 0 Å². The molecule has 0 unspecified atom stereocenters. The molecule has 0 heterocycles. The number of methoxy groups -OCH3 is 1. The minimum Gasteiger partial charge on any atom is -0.374 e. The molecule has 1 saturated carbocycles. The Morgan fingerprint density at radius 2 is 1.88 bits per heavy atom. The summed E-state index contributed by atoms with van der Waals surface area (Å²) in [5, 5.41) is 0. The molecule has 0 aromatic heterocycles. The predicted molar refractivity (Wildman–Crippen MR) is 70.8 cm³/mol. The molecule has 1 aromatic rings. The highest BCUT2D eigenvalue weighted by atomic mass is 16.5. The van der Waals surface area contributed by atoms with E-state index in [1.165, 1.54) is 24.0 Å². The van der Waals surface area contributed by atoms with Crippen LogP contribution in [0.25, 0.3) is 0 Å². The lowest BCUT2D eigenvalue weighted by Gasteiger charge is -2.28. The lowest BCUT2D eigenvalue weighted by Crippen LogP contribution is -2.33. The van der Waals surface area contributed by atoms with E-state index >= 15 is 0 Å². The normalized spacial score (nSPS) is 19.5. The topological polar surface area (TPSA) is 35.2 Å². The summed E-state index contributed by atoms with van der Waals surface area (Å²) in [4.78, 5) is 0. The first-order chi connectivity index (χ1) is 7.98. The van der Waals surface area contributed by atoms with Crippen LogP contribution in [0.3, 0.4) is 0 Å². The zero-order valence-corrected chi connectivity index (χ0v) is 11.1. The Morgan fingerprint density at radius 1 is 1.24 bits per heavy atom. The Bertz CT molecular complexity index is 392. The number of hydrogen-bond acceptors (Lipinski definition) is 2. The molecular formula is C15H23NO. The Morgan fingerprint density at radius 3 is 2.47 bits per heavy atom. The molecule has 0 amide bonds. The maximum Gasteiger partial charge on any atom is 0.0871 e. The third-order valence-corrected chi connectivity index (χ3v) is 4.14. The summed E-state index contributed by atoms with van der Waals surface area (Å²) in [7, 11) is 1.75. The Hall–Kier alpha value is -0.860. The quantitative estimate of drug-likeness (QED) is 0.869. The van der Waals surface area contributed by atoms with Crippen LogP contribution in [0, 0.1) is 0 Å². The van der Waals surface area contributed by atoms with Gasteiger partial charge in [0.05, 0.1) is 5.60 Å². The number of ether oxygens (including phenoxy) is 1. The largest absolute Gasteiger partial charge is 0.374 e. The molecule has 1 aliphatic carbocycles. The lowest BCUT2D eigenvalue weighted by molar-refractivity contribution is 0.0191. The van der Waals surface area contributed by atoms with E-state index in [0.717, 1.165) is 12.8 Å². The van der Waals surface area contributed by atoms with E-state index in [9.17, 15) is 0 Å². The van der Waals surface area contributed by atoms with Gasteiger partial charge in [0.15, 0.2) is 0 Å². The first kappa shape index (κ1) is 12.6. The third kappa shape index (κ3) is 2.38.